The lowest BCUT2D eigenvalue weighted by Gasteiger charge is -2.18. The number of nitrogens with zero attached hydrogens (tertiary/aromatic N) is 1. The number of rotatable bonds is 5. The van der Waals surface area contributed by atoms with Crippen molar-refractivity contribution in [2.75, 3.05) is 13.1 Å². The van der Waals surface area contributed by atoms with E-state index in [2.05, 4.69) is 0 Å². The van der Waals surface area contributed by atoms with Crippen molar-refractivity contribution >= 4 is 25.6 Å². The SMILES string of the molecule is CCCN(CC)C(=O)c1cc(S(=O)(=O)Cl)c(C)o1. The number of hydrogen-bond acceptors (Lipinski definition) is 4. The van der Waals surface area contributed by atoms with Crippen LogP contribution in [0, 0.1) is 6.92 Å². The van der Waals surface area contributed by atoms with Crippen molar-refractivity contribution in [3.8, 4) is 0 Å². The second-order valence-electron chi connectivity index (χ2n) is 3.85. The second-order valence-corrected chi connectivity index (χ2v) is 6.39. The van der Waals surface area contributed by atoms with Crippen LogP contribution in [0.5, 0.6) is 0 Å². The summed E-state index contributed by atoms with van der Waals surface area (Å²) in [5.74, 6) is -0.197. The molecule has 1 heterocycles. The van der Waals surface area contributed by atoms with Crippen molar-refractivity contribution < 1.29 is 17.6 Å². The third-order valence-corrected chi connectivity index (χ3v) is 3.94. The van der Waals surface area contributed by atoms with E-state index in [1.165, 1.54) is 13.0 Å². The number of amides is 1. The normalized spacial score (nSPS) is 11.6. The minimum atomic E-state index is -3.88. The number of hydrogen-bond donors (Lipinski definition) is 0. The zero-order valence-corrected chi connectivity index (χ0v) is 12.1. The highest BCUT2D eigenvalue weighted by atomic mass is 35.7. The number of carbonyl (C=O) groups excluding carboxylic acids is 1. The van der Waals surface area contributed by atoms with Crippen LogP contribution in [0.4, 0.5) is 0 Å². The van der Waals surface area contributed by atoms with E-state index in [-0.39, 0.29) is 22.3 Å². The van der Waals surface area contributed by atoms with Crippen LogP contribution in [0.25, 0.3) is 0 Å². The summed E-state index contributed by atoms with van der Waals surface area (Å²) in [5, 5.41) is 0. The first kappa shape index (κ1) is 15.0. The molecule has 0 saturated heterocycles. The Balaban J connectivity index is 3.08. The van der Waals surface area contributed by atoms with E-state index in [1.54, 1.807) is 4.90 Å². The van der Waals surface area contributed by atoms with Gasteiger partial charge in [-0.2, -0.15) is 0 Å². The average molecular weight is 294 g/mol. The van der Waals surface area contributed by atoms with Crippen LogP contribution in [0.15, 0.2) is 15.4 Å². The van der Waals surface area contributed by atoms with Gasteiger partial charge in [0, 0.05) is 29.8 Å². The molecule has 1 rings (SSSR count). The fraction of sp³-hybridized carbons (Fsp3) is 0.545. The molecule has 0 spiro atoms. The van der Waals surface area contributed by atoms with E-state index >= 15 is 0 Å². The third-order valence-electron chi connectivity index (χ3n) is 2.51. The summed E-state index contributed by atoms with van der Waals surface area (Å²) in [6.45, 7) is 6.40. The Morgan fingerprint density at radius 2 is 2.06 bits per heavy atom. The van der Waals surface area contributed by atoms with Crippen molar-refractivity contribution in [3.05, 3.63) is 17.6 Å². The fourth-order valence-corrected chi connectivity index (χ4v) is 2.73. The van der Waals surface area contributed by atoms with Crippen LogP contribution in [0.1, 0.15) is 36.6 Å². The first-order chi connectivity index (χ1) is 8.31. The maximum absolute atomic E-state index is 12.1. The lowest BCUT2D eigenvalue weighted by Crippen LogP contribution is -2.31. The van der Waals surface area contributed by atoms with Crippen molar-refractivity contribution in [1.29, 1.82) is 0 Å². The number of furan rings is 1. The zero-order chi connectivity index (χ0) is 13.9. The van der Waals surface area contributed by atoms with E-state index < -0.39 is 9.05 Å². The molecule has 0 aromatic carbocycles. The minimum Gasteiger partial charge on any atom is -0.455 e. The van der Waals surface area contributed by atoms with Crippen LogP contribution >= 0.6 is 10.7 Å². The smallest absolute Gasteiger partial charge is 0.289 e. The van der Waals surface area contributed by atoms with E-state index in [0.717, 1.165) is 6.42 Å². The van der Waals surface area contributed by atoms with Crippen LogP contribution in [-0.2, 0) is 9.05 Å². The van der Waals surface area contributed by atoms with Crippen molar-refractivity contribution in [3.63, 3.8) is 0 Å². The lowest BCUT2D eigenvalue weighted by atomic mass is 10.3. The molecule has 0 fully saturated rings. The Morgan fingerprint density at radius 3 is 2.44 bits per heavy atom. The van der Waals surface area contributed by atoms with Gasteiger partial charge in [0.15, 0.2) is 5.76 Å². The summed E-state index contributed by atoms with van der Waals surface area (Å²) in [6.07, 6.45) is 0.819. The van der Waals surface area contributed by atoms with Gasteiger partial charge < -0.3 is 9.32 Å². The molecular weight excluding hydrogens is 278 g/mol. The van der Waals surface area contributed by atoms with Crippen LogP contribution < -0.4 is 0 Å². The molecule has 0 radical (unpaired) electrons. The van der Waals surface area contributed by atoms with Crippen molar-refractivity contribution in [2.24, 2.45) is 0 Å². The molecule has 0 aliphatic rings. The average Bonchev–Trinajstić information content (AvgIpc) is 2.67. The monoisotopic (exact) mass is 293 g/mol. The highest BCUT2D eigenvalue weighted by Gasteiger charge is 2.24. The van der Waals surface area contributed by atoms with Crippen molar-refractivity contribution in [1.82, 2.24) is 4.90 Å². The lowest BCUT2D eigenvalue weighted by molar-refractivity contribution is 0.0731. The van der Waals surface area contributed by atoms with Gasteiger partial charge in [0.2, 0.25) is 0 Å². The van der Waals surface area contributed by atoms with Gasteiger partial charge in [-0.1, -0.05) is 6.92 Å². The molecule has 0 saturated carbocycles. The molecule has 5 nitrogen and oxygen atoms in total. The molecule has 0 aliphatic heterocycles. The largest absolute Gasteiger partial charge is 0.455 e. The molecule has 0 bridgehead atoms. The molecule has 0 atom stereocenters. The zero-order valence-electron chi connectivity index (χ0n) is 10.6. The standard InChI is InChI=1S/C11H16ClNO4S/c1-4-6-13(5-2)11(14)9-7-10(8(3)17-9)18(12,15)16/h7H,4-6H2,1-3H3. The molecule has 1 amide bonds. The Kier molecular flexibility index (Phi) is 4.81. The highest BCUT2D eigenvalue weighted by Crippen LogP contribution is 2.24. The maximum Gasteiger partial charge on any atom is 0.289 e. The van der Waals surface area contributed by atoms with Gasteiger partial charge in [0.1, 0.15) is 10.7 Å². The Hall–Kier alpha value is -1.01. The molecular formula is C11H16ClNO4S. The molecule has 102 valence electrons. The summed E-state index contributed by atoms with van der Waals surface area (Å²) in [4.78, 5) is 13.5. The fourth-order valence-electron chi connectivity index (χ4n) is 1.64. The molecule has 0 N–H and O–H groups in total. The van der Waals surface area contributed by atoms with Gasteiger partial charge in [-0.25, -0.2) is 8.42 Å². The molecule has 0 unspecified atom stereocenters. The highest BCUT2D eigenvalue weighted by molar-refractivity contribution is 8.13. The molecule has 0 aliphatic carbocycles. The van der Waals surface area contributed by atoms with Gasteiger partial charge in [0.25, 0.3) is 15.0 Å². The summed E-state index contributed by atoms with van der Waals surface area (Å²) in [6, 6.07) is 1.18. The molecule has 1 aromatic rings. The Labute approximate surface area is 111 Å². The number of aryl methyl sites for hydroxylation is 1. The van der Waals surface area contributed by atoms with Gasteiger partial charge in [0.05, 0.1) is 0 Å². The van der Waals surface area contributed by atoms with E-state index in [9.17, 15) is 13.2 Å². The Morgan fingerprint density at radius 1 is 1.44 bits per heavy atom. The summed E-state index contributed by atoms with van der Waals surface area (Å²) in [7, 11) is 1.36. The minimum absolute atomic E-state index is 0.00188. The van der Waals surface area contributed by atoms with Gasteiger partial charge in [-0.3, -0.25) is 4.79 Å². The van der Waals surface area contributed by atoms with Gasteiger partial charge >= 0.3 is 0 Å². The van der Waals surface area contributed by atoms with E-state index in [0.29, 0.717) is 13.1 Å². The molecule has 18 heavy (non-hydrogen) atoms. The Bertz CT molecular complexity index is 535. The van der Waals surface area contributed by atoms with Crippen LogP contribution in [0.3, 0.4) is 0 Å². The molecule has 1 aromatic heterocycles. The van der Waals surface area contributed by atoms with Gasteiger partial charge in [-0.15, -0.1) is 0 Å². The third kappa shape index (κ3) is 3.26. The van der Waals surface area contributed by atoms with E-state index in [4.69, 9.17) is 15.1 Å². The maximum atomic E-state index is 12.1. The predicted octanol–water partition coefficient (Wildman–Crippen LogP) is 2.39. The first-order valence-corrected chi connectivity index (χ1v) is 7.96. The number of carbonyl (C=O) groups is 1. The predicted molar refractivity (Wildman–Crippen MR) is 68.4 cm³/mol. The summed E-state index contributed by atoms with van der Waals surface area (Å²) >= 11 is 0. The second kappa shape index (κ2) is 5.75. The summed E-state index contributed by atoms with van der Waals surface area (Å²) < 4.78 is 27.6. The quantitative estimate of drug-likeness (QED) is 0.782. The van der Waals surface area contributed by atoms with Crippen molar-refractivity contribution in [2.45, 2.75) is 32.1 Å². The van der Waals surface area contributed by atoms with Gasteiger partial charge in [-0.05, 0) is 20.3 Å². The topological polar surface area (TPSA) is 67.6 Å². The number of halogens is 1. The van der Waals surface area contributed by atoms with Crippen LogP contribution in [0.2, 0.25) is 0 Å². The summed E-state index contributed by atoms with van der Waals surface area (Å²) in [5.41, 5.74) is 0. The van der Waals surface area contributed by atoms with E-state index in [1.807, 2.05) is 13.8 Å². The van der Waals surface area contributed by atoms with Crippen LogP contribution in [-0.4, -0.2) is 32.3 Å². The molecule has 7 heteroatoms. The first-order valence-electron chi connectivity index (χ1n) is 5.65.